The van der Waals surface area contributed by atoms with Gasteiger partial charge in [0.05, 0.1) is 27.8 Å². The van der Waals surface area contributed by atoms with Crippen LogP contribution in [-0.4, -0.2) is 9.13 Å². The van der Waals surface area contributed by atoms with Crippen LogP contribution >= 0.6 is 0 Å². The maximum absolute atomic E-state index is 3.46. The summed E-state index contributed by atoms with van der Waals surface area (Å²) >= 11 is 0. The van der Waals surface area contributed by atoms with E-state index in [1.165, 1.54) is 98.8 Å². The minimum Gasteiger partial charge on any atom is -0.309 e. The molecule has 0 N–H and O–H groups in total. The van der Waals surface area contributed by atoms with Crippen molar-refractivity contribution >= 4 is 65.2 Å². The molecule has 2 heteroatoms. The zero-order chi connectivity index (χ0) is 40.3. The topological polar surface area (TPSA) is 9.86 Å². The third-order valence-electron chi connectivity index (χ3n) is 11.2. The van der Waals surface area contributed by atoms with Gasteiger partial charge in [-0.25, -0.2) is 0 Å². The average molecular weight is 759 g/mol. The van der Waals surface area contributed by atoms with Gasteiger partial charge in [0.25, 0.3) is 0 Å². The first kappa shape index (κ1) is 37.2. The van der Waals surface area contributed by atoms with Crippen LogP contribution in [0.25, 0.3) is 98.8 Å². The van der Waals surface area contributed by atoms with Crippen LogP contribution in [0.1, 0.15) is 20.8 Å². The molecule has 2 aromatic heterocycles. The van der Waals surface area contributed by atoms with Crippen molar-refractivity contribution in [3.05, 3.63) is 219 Å². The SMILES string of the molecule is C=C/C=C\C.CC.c1ccc(-n2c3ccccc3c3ccc(-c4ccc5c(c4)c4ccccc4n5-c4ccccc4-c4cc5ccccc5c5ccccc45)cc32)cc1. The monoisotopic (exact) mass is 758 g/mol. The quantitative estimate of drug-likeness (QED) is 0.122. The van der Waals surface area contributed by atoms with Crippen LogP contribution in [0.15, 0.2) is 219 Å². The maximum atomic E-state index is 3.46. The Morgan fingerprint density at radius 1 is 0.390 bits per heavy atom. The van der Waals surface area contributed by atoms with E-state index in [0.717, 1.165) is 0 Å². The Labute approximate surface area is 346 Å². The zero-order valence-corrected chi connectivity index (χ0v) is 33.8. The number of rotatable bonds is 5. The lowest BCUT2D eigenvalue weighted by atomic mass is 9.92. The number of hydrogen-bond acceptors (Lipinski definition) is 0. The van der Waals surface area contributed by atoms with Gasteiger partial charge in [-0.3, -0.25) is 0 Å². The van der Waals surface area contributed by atoms with E-state index in [1.54, 1.807) is 6.08 Å². The molecular weight excluding hydrogens is 713 g/mol. The first-order valence-electron chi connectivity index (χ1n) is 20.6. The third-order valence-corrected chi connectivity index (χ3v) is 11.2. The van der Waals surface area contributed by atoms with Gasteiger partial charge >= 0.3 is 0 Å². The van der Waals surface area contributed by atoms with E-state index in [2.05, 4.69) is 210 Å². The van der Waals surface area contributed by atoms with Gasteiger partial charge in [0.2, 0.25) is 0 Å². The summed E-state index contributed by atoms with van der Waals surface area (Å²) in [5.74, 6) is 0. The molecule has 0 saturated heterocycles. The summed E-state index contributed by atoms with van der Waals surface area (Å²) in [4.78, 5) is 0. The van der Waals surface area contributed by atoms with Crippen molar-refractivity contribution < 1.29 is 0 Å². The molecule has 2 nitrogen and oxygen atoms in total. The van der Waals surface area contributed by atoms with Crippen LogP contribution < -0.4 is 0 Å². The van der Waals surface area contributed by atoms with Crippen LogP contribution in [-0.2, 0) is 0 Å². The van der Waals surface area contributed by atoms with Crippen molar-refractivity contribution in [1.29, 1.82) is 0 Å². The number of allylic oxidation sites excluding steroid dienone is 3. The Kier molecular flexibility index (Phi) is 10.2. The molecule has 0 amide bonds. The van der Waals surface area contributed by atoms with Gasteiger partial charge in [-0.1, -0.05) is 178 Å². The number of fused-ring (bicyclic) bond motifs is 9. The highest BCUT2D eigenvalue weighted by Crippen LogP contribution is 2.42. The predicted molar refractivity (Wildman–Crippen MR) is 257 cm³/mol. The van der Waals surface area contributed by atoms with Crippen molar-refractivity contribution in [1.82, 2.24) is 9.13 Å². The van der Waals surface area contributed by atoms with Crippen LogP contribution in [0.2, 0.25) is 0 Å². The molecule has 284 valence electrons. The van der Waals surface area contributed by atoms with E-state index in [-0.39, 0.29) is 0 Å². The number of hydrogen-bond donors (Lipinski definition) is 0. The first-order valence-corrected chi connectivity index (χ1v) is 20.6. The van der Waals surface area contributed by atoms with Gasteiger partial charge in [0, 0.05) is 32.8 Å². The molecular formula is C57H46N2. The lowest BCUT2D eigenvalue weighted by Gasteiger charge is -2.17. The van der Waals surface area contributed by atoms with Crippen molar-refractivity contribution in [3.8, 4) is 33.6 Å². The number of aromatic nitrogens is 2. The van der Waals surface area contributed by atoms with Crippen molar-refractivity contribution in [2.75, 3.05) is 0 Å². The summed E-state index contributed by atoms with van der Waals surface area (Å²) in [7, 11) is 0. The van der Waals surface area contributed by atoms with Crippen molar-refractivity contribution in [2.24, 2.45) is 0 Å². The molecule has 2 heterocycles. The second-order valence-electron chi connectivity index (χ2n) is 14.5. The lowest BCUT2D eigenvalue weighted by molar-refractivity contribution is 1.18. The number of para-hydroxylation sites is 4. The molecule has 59 heavy (non-hydrogen) atoms. The number of nitrogens with zero attached hydrogens (tertiary/aromatic N) is 2. The lowest BCUT2D eigenvalue weighted by Crippen LogP contribution is -1.97. The highest BCUT2D eigenvalue weighted by atomic mass is 15.0. The molecule has 0 aliphatic rings. The Bertz CT molecular complexity index is 3320. The zero-order valence-electron chi connectivity index (χ0n) is 33.8. The Morgan fingerprint density at radius 3 is 1.66 bits per heavy atom. The molecule has 9 aromatic carbocycles. The fraction of sp³-hybridized carbons (Fsp3) is 0.0526. The summed E-state index contributed by atoms with van der Waals surface area (Å²) in [5.41, 5.74) is 12.0. The minimum absolute atomic E-state index is 1.17. The fourth-order valence-electron chi connectivity index (χ4n) is 8.73. The highest BCUT2D eigenvalue weighted by Gasteiger charge is 2.19. The second-order valence-corrected chi connectivity index (χ2v) is 14.5. The first-order chi connectivity index (χ1) is 29.2. The molecule has 0 fully saturated rings. The highest BCUT2D eigenvalue weighted by molar-refractivity contribution is 6.16. The summed E-state index contributed by atoms with van der Waals surface area (Å²) in [6.45, 7) is 9.42. The molecule has 0 aliphatic carbocycles. The van der Waals surface area contributed by atoms with Crippen LogP contribution in [0.3, 0.4) is 0 Å². The summed E-state index contributed by atoms with van der Waals surface area (Å²) < 4.78 is 4.86. The summed E-state index contributed by atoms with van der Waals surface area (Å²) in [6.07, 6.45) is 5.58. The van der Waals surface area contributed by atoms with Crippen LogP contribution in [0.5, 0.6) is 0 Å². The normalized spacial score (nSPS) is 11.3. The average Bonchev–Trinajstić information content (AvgIpc) is 3.82. The summed E-state index contributed by atoms with van der Waals surface area (Å²) in [5, 5.41) is 10.1. The molecule has 0 saturated carbocycles. The van der Waals surface area contributed by atoms with E-state index in [9.17, 15) is 0 Å². The molecule has 0 bridgehead atoms. The van der Waals surface area contributed by atoms with E-state index in [4.69, 9.17) is 0 Å². The van der Waals surface area contributed by atoms with Gasteiger partial charge in [0.1, 0.15) is 0 Å². The molecule has 0 aliphatic heterocycles. The minimum atomic E-state index is 1.17. The van der Waals surface area contributed by atoms with Crippen LogP contribution in [0, 0.1) is 0 Å². The van der Waals surface area contributed by atoms with Gasteiger partial charge < -0.3 is 9.13 Å². The Balaban J connectivity index is 0.000000600. The van der Waals surface area contributed by atoms with E-state index >= 15 is 0 Å². The molecule has 0 unspecified atom stereocenters. The van der Waals surface area contributed by atoms with Gasteiger partial charge in [-0.05, 0) is 99.8 Å². The molecule has 0 radical (unpaired) electrons. The fourth-order valence-corrected chi connectivity index (χ4v) is 8.73. The van der Waals surface area contributed by atoms with Gasteiger partial charge in [0.15, 0.2) is 0 Å². The smallest absolute Gasteiger partial charge is 0.0547 e. The van der Waals surface area contributed by atoms with Crippen molar-refractivity contribution in [2.45, 2.75) is 20.8 Å². The Hall–Kier alpha value is -7.42. The standard InChI is InChI=1S/C50H32N2.C5H8.C2H6/c1-2-15-36(16-3-1)51-46-23-11-8-20-40(46)43-28-26-34(32-50(43)51)33-27-29-49-45(30-33)42-22-10-13-25-48(42)52(49)47-24-12-9-21-41(47)44-31-35-14-4-5-17-37(35)38-18-6-7-19-39(38)44;1-3-5-4-2;1-2/h1-32H;3-5H,1H2,2H3;1-2H3/b;5-4-;. The van der Waals surface area contributed by atoms with Crippen LogP contribution in [0.4, 0.5) is 0 Å². The largest absolute Gasteiger partial charge is 0.309 e. The summed E-state index contributed by atoms with van der Waals surface area (Å²) in [6, 6.07) is 71.0. The van der Waals surface area contributed by atoms with Gasteiger partial charge in [-0.15, -0.1) is 0 Å². The molecule has 11 aromatic rings. The third kappa shape index (κ3) is 6.49. The molecule has 0 atom stereocenters. The number of benzene rings is 9. The van der Waals surface area contributed by atoms with E-state index < -0.39 is 0 Å². The van der Waals surface area contributed by atoms with E-state index in [0.29, 0.717) is 0 Å². The molecule has 11 rings (SSSR count). The molecule has 0 spiro atoms. The Morgan fingerprint density at radius 2 is 0.932 bits per heavy atom. The second kappa shape index (κ2) is 16.2. The van der Waals surface area contributed by atoms with E-state index in [1.807, 2.05) is 32.9 Å². The van der Waals surface area contributed by atoms with Crippen molar-refractivity contribution in [3.63, 3.8) is 0 Å². The maximum Gasteiger partial charge on any atom is 0.0547 e. The van der Waals surface area contributed by atoms with Gasteiger partial charge in [-0.2, -0.15) is 0 Å². The predicted octanol–water partition coefficient (Wildman–Crippen LogP) is 16.3.